The summed E-state index contributed by atoms with van der Waals surface area (Å²) in [5, 5.41) is 8.58. The van der Waals surface area contributed by atoms with E-state index in [0.717, 1.165) is 29.9 Å². The molecule has 0 radical (unpaired) electrons. The van der Waals surface area contributed by atoms with Crippen molar-refractivity contribution in [3.63, 3.8) is 0 Å². The van der Waals surface area contributed by atoms with Gasteiger partial charge in [0.05, 0.1) is 6.61 Å². The monoisotopic (exact) mass is 290 g/mol. The van der Waals surface area contributed by atoms with Gasteiger partial charge in [-0.3, -0.25) is 4.79 Å². The smallest absolute Gasteiger partial charge is 0.328 e. The van der Waals surface area contributed by atoms with E-state index in [0.29, 0.717) is 12.2 Å². The molecule has 0 spiro atoms. The number of ether oxygens (including phenoxy) is 1. The van der Waals surface area contributed by atoms with Gasteiger partial charge in [-0.1, -0.05) is 27.7 Å². The second-order valence-corrected chi connectivity index (χ2v) is 5.85. The summed E-state index contributed by atoms with van der Waals surface area (Å²) in [4.78, 5) is 22.4. The summed E-state index contributed by atoms with van der Waals surface area (Å²) in [7, 11) is 0. The second-order valence-electron chi connectivity index (χ2n) is 5.85. The summed E-state index contributed by atoms with van der Waals surface area (Å²) < 4.78 is 5.72. The van der Waals surface area contributed by atoms with Gasteiger partial charge in [0.2, 0.25) is 0 Å². The minimum absolute atomic E-state index is 0.171. The van der Waals surface area contributed by atoms with Gasteiger partial charge in [-0.25, -0.2) is 4.79 Å². The average molecular weight is 290 g/mol. The number of carbonyl (C=O) groups excluding carboxylic acids is 1. The molecule has 4 nitrogen and oxygen atoms in total. The van der Waals surface area contributed by atoms with E-state index in [2.05, 4.69) is 0 Å². The molecule has 0 aliphatic carbocycles. The molecule has 1 aromatic rings. The quantitative estimate of drug-likeness (QED) is 0.642. The Morgan fingerprint density at radius 1 is 1.24 bits per heavy atom. The predicted molar refractivity (Wildman–Crippen MR) is 82.0 cm³/mol. The first-order valence-electron chi connectivity index (χ1n) is 6.98. The van der Waals surface area contributed by atoms with Crippen molar-refractivity contribution in [2.45, 2.75) is 39.5 Å². The normalized spacial score (nSPS) is 11.6. The van der Waals surface area contributed by atoms with Crippen LogP contribution in [-0.2, 0) is 10.2 Å². The molecule has 0 saturated carbocycles. The standard InChI is InChI=1S/C17H22O4/c1-5-10-21-15-8-6-12(11-13(15)17(2,3)4)14(18)7-9-16(19)20/h6-9,11H,5,10H2,1-4H3,(H,19,20)/b9-7+. The lowest BCUT2D eigenvalue weighted by Gasteiger charge is -2.23. The van der Waals surface area contributed by atoms with Crippen LogP contribution in [0, 0.1) is 0 Å². The fourth-order valence-electron chi connectivity index (χ4n) is 1.85. The number of aliphatic carboxylic acids is 1. The molecule has 0 aromatic heterocycles. The third-order valence-electron chi connectivity index (χ3n) is 2.91. The van der Waals surface area contributed by atoms with Crippen LogP contribution in [0.5, 0.6) is 5.75 Å². The molecule has 21 heavy (non-hydrogen) atoms. The van der Waals surface area contributed by atoms with Gasteiger partial charge < -0.3 is 9.84 Å². The van der Waals surface area contributed by atoms with E-state index in [1.165, 1.54) is 0 Å². The Bertz CT molecular complexity index is 550. The zero-order valence-corrected chi connectivity index (χ0v) is 13.0. The van der Waals surface area contributed by atoms with E-state index in [9.17, 15) is 9.59 Å². The Balaban J connectivity index is 3.15. The summed E-state index contributed by atoms with van der Waals surface area (Å²) in [6.07, 6.45) is 2.82. The molecule has 1 rings (SSSR count). The van der Waals surface area contributed by atoms with Gasteiger partial charge in [-0.05, 0) is 36.1 Å². The van der Waals surface area contributed by atoms with Gasteiger partial charge in [0.1, 0.15) is 5.75 Å². The molecule has 0 amide bonds. The van der Waals surface area contributed by atoms with Crippen LogP contribution in [0.4, 0.5) is 0 Å². The first-order valence-corrected chi connectivity index (χ1v) is 6.98. The molecule has 4 heteroatoms. The molecule has 1 aromatic carbocycles. The van der Waals surface area contributed by atoms with E-state index in [4.69, 9.17) is 9.84 Å². The van der Waals surface area contributed by atoms with Crippen LogP contribution >= 0.6 is 0 Å². The lowest BCUT2D eigenvalue weighted by molar-refractivity contribution is -0.131. The van der Waals surface area contributed by atoms with E-state index in [1.807, 2.05) is 27.7 Å². The minimum Gasteiger partial charge on any atom is -0.493 e. The van der Waals surface area contributed by atoms with Crippen LogP contribution in [0.3, 0.4) is 0 Å². The number of allylic oxidation sites excluding steroid dienone is 1. The first-order chi connectivity index (χ1) is 9.75. The van der Waals surface area contributed by atoms with Gasteiger partial charge >= 0.3 is 5.97 Å². The fourth-order valence-corrected chi connectivity index (χ4v) is 1.85. The van der Waals surface area contributed by atoms with Crippen molar-refractivity contribution < 1.29 is 19.4 Å². The Morgan fingerprint density at radius 3 is 2.43 bits per heavy atom. The third-order valence-corrected chi connectivity index (χ3v) is 2.91. The number of hydrogen-bond donors (Lipinski definition) is 1. The molecule has 0 saturated heterocycles. The molecule has 0 unspecified atom stereocenters. The SMILES string of the molecule is CCCOc1ccc(C(=O)/C=C/C(=O)O)cc1C(C)(C)C. The zero-order chi connectivity index (χ0) is 16.0. The maximum absolute atomic E-state index is 12.0. The van der Waals surface area contributed by atoms with Crippen molar-refractivity contribution in [2.24, 2.45) is 0 Å². The Hall–Kier alpha value is -2.10. The lowest BCUT2D eigenvalue weighted by Crippen LogP contribution is -2.15. The highest BCUT2D eigenvalue weighted by molar-refractivity contribution is 6.07. The van der Waals surface area contributed by atoms with E-state index in [-0.39, 0.29) is 11.2 Å². The predicted octanol–water partition coefficient (Wildman–Crippen LogP) is 3.60. The van der Waals surface area contributed by atoms with E-state index < -0.39 is 5.97 Å². The molecule has 114 valence electrons. The average Bonchev–Trinajstić information content (AvgIpc) is 2.41. The highest BCUT2D eigenvalue weighted by Gasteiger charge is 2.20. The maximum Gasteiger partial charge on any atom is 0.328 e. The fraction of sp³-hybridized carbons (Fsp3) is 0.412. The summed E-state index contributed by atoms with van der Waals surface area (Å²) >= 11 is 0. The Kier molecular flexibility index (Phi) is 5.70. The summed E-state index contributed by atoms with van der Waals surface area (Å²) in [5.41, 5.74) is 1.22. The number of ketones is 1. The summed E-state index contributed by atoms with van der Waals surface area (Å²) in [6, 6.07) is 5.21. The van der Waals surface area contributed by atoms with E-state index in [1.54, 1.807) is 18.2 Å². The number of benzene rings is 1. The van der Waals surface area contributed by atoms with Gasteiger partial charge in [-0.15, -0.1) is 0 Å². The van der Waals surface area contributed by atoms with Crippen LogP contribution in [0.2, 0.25) is 0 Å². The third kappa shape index (κ3) is 5.06. The largest absolute Gasteiger partial charge is 0.493 e. The molecule has 0 heterocycles. The van der Waals surface area contributed by atoms with Crippen molar-refractivity contribution in [1.82, 2.24) is 0 Å². The first kappa shape index (κ1) is 17.0. The van der Waals surface area contributed by atoms with Crippen LogP contribution in [0.25, 0.3) is 0 Å². The van der Waals surface area contributed by atoms with Gasteiger partial charge in [0, 0.05) is 17.2 Å². The lowest BCUT2D eigenvalue weighted by atomic mass is 9.85. The van der Waals surface area contributed by atoms with Crippen LogP contribution in [-0.4, -0.2) is 23.5 Å². The number of hydrogen-bond acceptors (Lipinski definition) is 3. The van der Waals surface area contributed by atoms with Gasteiger partial charge in [0.25, 0.3) is 0 Å². The van der Waals surface area contributed by atoms with Crippen LogP contribution < -0.4 is 4.74 Å². The van der Waals surface area contributed by atoms with E-state index >= 15 is 0 Å². The van der Waals surface area contributed by atoms with Crippen molar-refractivity contribution in [2.75, 3.05) is 6.61 Å². The minimum atomic E-state index is -1.14. The maximum atomic E-state index is 12.0. The van der Waals surface area contributed by atoms with Crippen molar-refractivity contribution >= 4 is 11.8 Å². The van der Waals surface area contributed by atoms with Crippen molar-refractivity contribution in [3.05, 3.63) is 41.5 Å². The molecule has 0 aliphatic heterocycles. The Morgan fingerprint density at radius 2 is 1.90 bits per heavy atom. The summed E-state index contributed by atoms with van der Waals surface area (Å²) in [5.74, 6) is -0.699. The molecule has 0 fully saturated rings. The summed E-state index contributed by atoms with van der Waals surface area (Å²) in [6.45, 7) is 8.79. The molecule has 0 bridgehead atoms. The number of carboxylic acid groups (broad SMARTS) is 1. The topological polar surface area (TPSA) is 63.6 Å². The molecular formula is C17H22O4. The second kappa shape index (κ2) is 7.07. The van der Waals surface area contributed by atoms with Gasteiger partial charge in [-0.2, -0.15) is 0 Å². The zero-order valence-electron chi connectivity index (χ0n) is 13.0. The van der Waals surface area contributed by atoms with Gasteiger partial charge in [0.15, 0.2) is 5.78 Å². The van der Waals surface area contributed by atoms with Crippen molar-refractivity contribution in [3.8, 4) is 5.75 Å². The van der Waals surface area contributed by atoms with Crippen LogP contribution in [0.15, 0.2) is 30.4 Å². The molecule has 0 aliphatic rings. The Labute approximate surface area is 125 Å². The molecule has 1 N–H and O–H groups in total. The highest BCUT2D eigenvalue weighted by atomic mass is 16.5. The molecule has 0 atom stereocenters. The highest BCUT2D eigenvalue weighted by Crippen LogP contribution is 2.32. The van der Waals surface area contributed by atoms with Crippen molar-refractivity contribution in [1.29, 1.82) is 0 Å². The number of carbonyl (C=O) groups is 2. The van der Waals surface area contributed by atoms with Crippen LogP contribution in [0.1, 0.15) is 50.0 Å². The molecular weight excluding hydrogens is 268 g/mol. The number of carboxylic acids is 1. The number of rotatable bonds is 6.